The van der Waals surface area contributed by atoms with Crippen molar-refractivity contribution in [1.82, 2.24) is 0 Å². The number of carbonyl (C=O) groups excluding carboxylic acids is 2. The molecule has 0 aliphatic carbocycles. The average molecular weight is 132 g/mol. The minimum absolute atomic E-state index is 0.373. The Labute approximate surface area is 51.1 Å². The van der Waals surface area contributed by atoms with E-state index in [-0.39, 0.29) is 4.92 Å². The van der Waals surface area contributed by atoms with Gasteiger partial charge in [-0.15, -0.1) is 4.84 Å². The van der Waals surface area contributed by atoms with Crippen molar-refractivity contribution in [2.45, 2.75) is 13.8 Å². The molecule has 0 atom stereocenters. The fraction of sp³-hybridized carbons (Fsp3) is 0.500. The fourth-order valence-corrected chi connectivity index (χ4v) is 0.181. The Kier molecular flexibility index (Phi) is 2.50. The molecule has 0 fully saturated rings. The topological polar surface area (TPSA) is 63.5 Å². The lowest BCUT2D eigenvalue weighted by Crippen LogP contribution is -2.17. The van der Waals surface area contributed by atoms with Gasteiger partial charge in [0.2, 0.25) is 0 Å². The average Bonchev–Trinajstić information content (AvgIpc) is 1.63. The van der Waals surface area contributed by atoms with E-state index in [4.69, 9.17) is 0 Å². The molecule has 0 radical (unpaired) electrons. The van der Waals surface area contributed by atoms with Crippen LogP contribution in [-0.2, 0) is 14.4 Å². The molecule has 5 nitrogen and oxygen atoms in total. The molecule has 50 valence electrons. The zero-order valence-electron chi connectivity index (χ0n) is 5.08. The number of rotatable bonds is 0. The van der Waals surface area contributed by atoms with Crippen LogP contribution in [0.5, 0.6) is 0 Å². The van der Waals surface area contributed by atoms with Crippen LogP contribution in [0.25, 0.3) is 0 Å². The van der Waals surface area contributed by atoms with Crippen molar-refractivity contribution in [1.29, 1.82) is 0 Å². The molecule has 0 aliphatic rings. The minimum atomic E-state index is -0.856. The lowest BCUT2D eigenvalue weighted by Gasteiger charge is -1.79. The van der Waals surface area contributed by atoms with Crippen LogP contribution in [0.1, 0.15) is 13.8 Å². The second-order valence-electron chi connectivity index (χ2n) is 1.36. The predicted octanol–water partition coefficient (Wildman–Crippen LogP) is -0.210. The fourth-order valence-electron chi connectivity index (χ4n) is 0.181. The third-order valence-corrected chi connectivity index (χ3v) is 0.469. The molecule has 0 saturated heterocycles. The molecule has 9 heavy (non-hydrogen) atoms. The third-order valence-electron chi connectivity index (χ3n) is 0.469. The van der Waals surface area contributed by atoms with Crippen molar-refractivity contribution in [3.8, 4) is 0 Å². The maximum absolute atomic E-state index is 10.1. The number of hydrogen-bond acceptors (Lipinski definition) is 4. The highest BCUT2D eigenvalue weighted by atomic mass is 16.8. The highest BCUT2D eigenvalue weighted by molar-refractivity contribution is 5.67. The van der Waals surface area contributed by atoms with Gasteiger partial charge in [-0.3, -0.25) is 0 Å². The van der Waals surface area contributed by atoms with Gasteiger partial charge in [0.15, 0.2) is 0 Å². The lowest BCUT2D eigenvalue weighted by molar-refractivity contribution is -0.707. The molecule has 0 saturated carbocycles. The van der Waals surface area contributed by atoms with E-state index in [2.05, 4.69) is 4.84 Å². The summed E-state index contributed by atoms with van der Waals surface area (Å²) < 4.78 is 0. The Morgan fingerprint density at radius 2 is 1.78 bits per heavy atom. The van der Waals surface area contributed by atoms with Gasteiger partial charge in [-0.25, -0.2) is 9.59 Å². The molecule has 0 spiro atoms. The third kappa shape index (κ3) is 3.33. The summed E-state index contributed by atoms with van der Waals surface area (Å²) in [6, 6.07) is 0. The van der Waals surface area contributed by atoms with Crippen molar-refractivity contribution >= 4 is 11.9 Å². The van der Waals surface area contributed by atoms with E-state index in [1.807, 2.05) is 0 Å². The zero-order chi connectivity index (χ0) is 7.44. The first-order valence-corrected chi connectivity index (χ1v) is 2.20. The summed E-state index contributed by atoms with van der Waals surface area (Å²) in [7, 11) is 0. The number of hydrogen-bond donors (Lipinski definition) is 0. The van der Waals surface area contributed by atoms with E-state index in [0.29, 0.717) is 0 Å². The monoisotopic (exact) mass is 132 g/mol. The molecule has 0 rings (SSSR count). The normalized spacial score (nSPS) is 8.22. The Morgan fingerprint density at radius 1 is 1.33 bits per heavy atom. The van der Waals surface area contributed by atoms with Crippen LogP contribution in [0.15, 0.2) is 0 Å². The minimum Gasteiger partial charge on any atom is -0.245 e. The Bertz CT molecular complexity index is 162. The maximum atomic E-state index is 10.1. The van der Waals surface area contributed by atoms with E-state index in [9.17, 15) is 14.5 Å². The lowest BCUT2D eigenvalue weighted by atomic mass is 10.8. The van der Waals surface area contributed by atoms with Gasteiger partial charge in [0, 0.05) is 6.92 Å². The van der Waals surface area contributed by atoms with Crippen LogP contribution in [0.4, 0.5) is 0 Å². The van der Waals surface area contributed by atoms with Crippen molar-refractivity contribution < 1.29 is 19.3 Å². The molecule has 0 aromatic carbocycles. The number of amides is 1. The first-order valence-electron chi connectivity index (χ1n) is 2.20. The molecule has 0 N–H and O–H groups in total. The Balaban J connectivity index is 3.79. The van der Waals surface area contributed by atoms with Crippen LogP contribution in [0, 0.1) is 4.91 Å². The maximum Gasteiger partial charge on any atom is 0.488 e. The van der Waals surface area contributed by atoms with E-state index in [1.54, 1.807) is 0 Å². The van der Waals surface area contributed by atoms with Gasteiger partial charge in [0.25, 0.3) is 0 Å². The van der Waals surface area contributed by atoms with Gasteiger partial charge in [0.1, 0.15) is 0 Å². The van der Waals surface area contributed by atoms with Crippen molar-refractivity contribution in [3.63, 3.8) is 0 Å². The van der Waals surface area contributed by atoms with Crippen LogP contribution in [-0.4, -0.2) is 16.8 Å². The predicted molar refractivity (Wildman–Crippen MR) is 26.1 cm³/mol. The highest BCUT2D eigenvalue weighted by Gasteiger charge is 2.20. The van der Waals surface area contributed by atoms with Gasteiger partial charge in [0.05, 0.1) is 11.8 Å². The standard InChI is InChI=1S/C4H6NO4/c1-3(6)5(8)9-4(2)7/h1-2H3/q+1. The molecule has 0 bridgehead atoms. The molecular formula is C4H6NO4+. The second-order valence-corrected chi connectivity index (χ2v) is 1.36. The van der Waals surface area contributed by atoms with Crippen molar-refractivity contribution in [2.24, 2.45) is 0 Å². The largest absolute Gasteiger partial charge is 0.488 e. The van der Waals surface area contributed by atoms with E-state index >= 15 is 0 Å². The molecular weight excluding hydrogens is 126 g/mol. The zero-order valence-corrected chi connectivity index (χ0v) is 5.08. The summed E-state index contributed by atoms with van der Waals surface area (Å²) in [6.07, 6.45) is 0. The van der Waals surface area contributed by atoms with Gasteiger partial charge in [-0.05, 0) is 0 Å². The van der Waals surface area contributed by atoms with E-state index in [1.165, 1.54) is 0 Å². The van der Waals surface area contributed by atoms with E-state index < -0.39 is 11.9 Å². The summed E-state index contributed by atoms with van der Waals surface area (Å²) in [5.74, 6) is -1.66. The summed E-state index contributed by atoms with van der Waals surface area (Å²) in [4.78, 5) is 33.5. The first-order chi connectivity index (χ1) is 4.04. The first kappa shape index (κ1) is 7.74. The smallest absolute Gasteiger partial charge is 0.245 e. The van der Waals surface area contributed by atoms with Crippen LogP contribution in [0.3, 0.4) is 0 Å². The van der Waals surface area contributed by atoms with Gasteiger partial charge < -0.3 is 0 Å². The molecule has 5 heteroatoms. The van der Waals surface area contributed by atoms with Crippen LogP contribution < -0.4 is 0 Å². The number of carbonyl (C=O) groups is 2. The van der Waals surface area contributed by atoms with Crippen molar-refractivity contribution in [2.75, 3.05) is 0 Å². The van der Waals surface area contributed by atoms with Gasteiger partial charge in [-0.1, -0.05) is 0 Å². The Morgan fingerprint density at radius 3 is 1.89 bits per heavy atom. The number of nitrogens with zero attached hydrogens (tertiary/aromatic N) is 1. The molecule has 0 aromatic heterocycles. The SMILES string of the molecule is CC(=O)O[N+](=O)C(C)=O. The second kappa shape index (κ2) is 2.91. The highest BCUT2D eigenvalue weighted by Crippen LogP contribution is 1.78. The van der Waals surface area contributed by atoms with Gasteiger partial charge >= 0.3 is 16.8 Å². The van der Waals surface area contributed by atoms with Crippen LogP contribution in [0.2, 0.25) is 0 Å². The molecule has 0 unspecified atom stereocenters. The van der Waals surface area contributed by atoms with Crippen LogP contribution >= 0.6 is 0 Å². The molecule has 1 amide bonds. The van der Waals surface area contributed by atoms with E-state index in [0.717, 1.165) is 13.8 Å². The molecule has 0 aromatic rings. The Hall–Kier alpha value is -1.26. The summed E-state index contributed by atoms with van der Waals surface area (Å²) >= 11 is 0. The van der Waals surface area contributed by atoms with Crippen molar-refractivity contribution in [3.05, 3.63) is 4.91 Å². The molecule has 0 heterocycles. The molecule has 0 aliphatic heterocycles. The van der Waals surface area contributed by atoms with Gasteiger partial charge in [-0.2, -0.15) is 0 Å². The summed E-state index contributed by atoms with van der Waals surface area (Å²) in [5, 5.41) is 0. The summed E-state index contributed by atoms with van der Waals surface area (Å²) in [6.45, 7) is 2.03. The summed E-state index contributed by atoms with van der Waals surface area (Å²) in [5.41, 5.74) is 0. The quantitative estimate of drug-likeness (QED) is 0.428.